The highest BCUT2D eigenvalue weighted by Gasteiger charge is 2.12. The fourth-order valence-corrected chi connectivity index (χ4v) is 3.30. The molecule has 0 atom stereocenters. The Labute approximate surface area is 170 Å². The first-order chi connectivity index (χ1) is 13.7. The molecule has 4 nitrogen and oxygen atoms in total. The van der Waals surface area contributed by atoms with Gasteiger partial charge in [-0.05, 0) is 54.1 Å². The lowest BCUT2D eigenvalue weighted by atomic mass is 10.1. The van der Waals surface area contributed by atoms with Crippen LogP contribution in [0.1, 0.15) is 11.3 Å². The minimum atomic E-state index is -0.0727. The van der Waals surface area contributed by atoms with E-state index in [1.807, 2.05) is 72.8 Å². The van der Waals surface area contributed by atoms with Gasteiger partial charge in [0.2, 0.25) is 5.43 Å². The standard InChI is InChI=1S/C23H17BrN2O2/c1-28-19-6-4-5-16(15-19)9-14-21-20-7-2-3-8-22(27)23(20)26(25-21)18-12-10-17(24)11-13-18/h2-15H,1H3. The molecule has 4 aromatic rings. The van der Waals surface area contributed by atoms with Crippen LogP contribution in [-0.2, 0) is 0 Å². The summed E-state index contributed by atoms with van der Waals surface area (Å²) in [4.78, 5) is 12.7. The van der Waals surface area contributed by atoms with Crippen molar-refractivity contribution in [2.75, 3.05) is 7.11 Å². The molecule has 0 N–H and O–H groups in total. The topological polar surface area (TPSA) is 44.1 Å². The van der Waals surface area contributed by atoms with Gasteiger partial charge < -0.3 is 4.74 Å². The van der Waals surface area contributed by atoms with E-state index in [4.69, 9.17) is 9.84 Å². The zero-order valence-corrected chi connectivity index (χ0v) is 16.8. The number of fused-ring (bicyclic) bond motifs is 1. The number of ether oxygens (including phenoxy) is 1. The Bertz CT molecular complexity index is 1230. The Morgan fingerprint density at radius 3 is 2.54 bits per heavy atom. The Morgan fingerprint density at radius 1 is 0.964 bits per heavy atom. The molecule has 0 fully saturated rings. The van der Waals surface area contributed by atoms with Crippen molar-refractivity contribution >= 4 is 39.0 Å². The number of rotatable bonds is 4. The first-order valence-corrected chi connectivity index (χ1v) is 9.55. The predicted octanol–water partition coefficient (Wildman–Crippen LogP) is 5.33. The van der Waals surface area contributed by atoms with Gasteiger partial charge >= 0.3 is 0 Å². The van der Waals surface area contributed by atoms with E-state index in [2.05, 4.69) is 15.9 Å². The second-order valence-corrected chi connectivity index (χ2v) is 7.14. The molecule has 0 aliphatic heterocycles. The lowest BCUT2D eigenvalue weighted by molar-refractivity contribution is 0.414. The summed E-state index contributed by atoms with van der Waals surface area (Å²) in [5, 5.41) is 5.52. The third kappa shape index (κ3) is 3.62. The van der Waals surface area contributed by atoms with Crippen molar-refractivity contribution < 1.29 is 4.74 Å². The summed E-state index contributed by atoms with van der Waals surface area (Å²) >= 11 is 3.44. The summed E-state index contributed by atoms with van der Waals surface area (Å²) < 4.78 is 7.95. The zero-order chi connectivity index (χ0) is 19.5. The van der Waals surface area contributed by atoms with Crippen LogP contribution in [0.5, 0.6) is 5.75 Å². The number of methoxy groups -OCH3 is 1. The number of halogens is 1. The number of hydrogen-bond donors (Lipinski definition) is 0. The summed E-state index contributed by atoms with van der Waals surface area (Å²) in [5.74, 6) is 0.792. The third-order valence-corrected chi connectivity index (χ3v) is 4.93. The second-order valence-electron chi connectivity index (χ2n) is 6.23. The van der Waals surface area contributed by atoms with Gasteiger partial charge in [-0.3, -0.25) is 4.79 Å². The summed E-state index contributed by atoms with van der Waals surface area (Å²) in [6.45, 7) is 0. The molecule has 0 bridgehead atoms. The van der Waals surface area contributed by atoms with E-state index in [9.17, 15) is 4.79 Å². The lowest BCUT2D eigenvalue weighted by Crippen LogP contribution is -2.04. The van der Waals surface area contributed by atoms with Crippen molar-refractivity contribution in [1.29, 1.82) is 0 Å². The van der Waals surface area contributed by atoms with Crippen molar-refractivity contribution in [3.63, 3.8) is 0 Å². The maximum atomic E-state index is 12.7. The fraction of sp³-hybridized carbons (Fsp3) is 0.0435. The van der Waals surface area contributed by atoms with Gasteiger partial charge in [0.1, 0.15) is 11.3 Å². The molecule has 0 aliphatic rings. The van der Waals surface area contributed by atoms with E-state index in [0.717, 1.165) is 32.6 Å². The van der Waals surface area contributed by atoms with E-state index in [0.29, 0.717) is 5.52 Å². The third-order valence-electron chi connectivity index (χ3n) is 4.40. The molecular weight excluding hydrogens is 416 g/mol. The average molecular weight is 433 g/mol. The summed E-state index contributed by atoms with van der Waals surface area (Å²) in [7, 11) is 1.64. The molecule has 0 unspecified atom stereocenters. The van der Waals surface area contributed by atoms with E-state index in [-0.39, 0.29) is 5.43 Å². The van der Waals surface area contributed by atoms with Gasteiger partial charge in [0.05, 0.1) is 18.5 Å². The van der Waals surface area contributed by atoms with Crippen LogP contribution in [0, 0.1) is 0 Å². The molecule has 4 rings (SSSR count). The molecule has 5 heteroatoms. The van der Waals surface area contributed by atoms with E-state index >= 15 is 0 Å². The number of nitrogens with zero attached hydrogens (tertiary/aromatic N) is 2. The first kappa shape index (κ1) is 18.2. The highest BCUT2D eigenvalue weighted by atomic mass is 79.9. The molecule has 28 heavy (non-hydrogen) atoms. The molecule has 0 spiro atoms. The minimum Gasteiger partial charge on any atom is -0.497 e. The molecular formula is C23H17BrN2O2. The molecule has 0 saturated heterocycles. The molecule has 0 saturated carbocycles. The maximum absolute atomic E-state index is 12.7. The van der Waals surface area contributed by atoms with E-state index in [1.54, 1.807) is 23.9 Å². The Balaban J connectivity index is 1.88. The van der Waals surface area contributed by atoms with Crippen molar-refractivity contribution in [1.82, 2.24) is 9.78 Å². The van der Waals surface area contributed by atoms with Crippen LogP contribution >= 0.6 is 15.9 Å². The smallest absolute Gasteiger partial charge is 0.204 e. The Kier molecular flexibility index (Phi) is 5.08. The Morgan fingerprint density at radius 2 is 1.75 bits per heavy atom. The molecule has 0 radical (unpaired) electrons. The van der Waals surface area contributed by atoms with Crippen LogP contribution < -0.4 is 10.2 Å². The van der Waals surface area contributed by atoms with Crippen LogP contribution in [0.25, 0.3) is 28.7 Å². The first-order valence-electron chi connectivity index (χ1n) is 8.76. The second kappa shape index (κ2) is 7.82. The van der Waals surface area contributed by atoms with Gasteiger partial charge in [0.25, 0.3) is 0 Å². The molecule has 3 aromatic carbocycles. The summed E-state index contributed by atoms with van der Waals surface area (Å²) in [5.41, 5.74) is 3.04. The van der Waals surface area contributed by atoms with Gasteiger partial charge in [-0.2, -0.15) is 5.10 Å². The SMILES string of the molecule is COc1cccc(C=Cc2nn(-c3ccc(Br)cc3)c3c(=O)ccccc23)c1. The quantitative estimate of drug-likeness (QED) is 0.437. The monoisotopic (exact) mass is 432 g/mol. The van der Waals surface area contributed by atoms with Crippen LogP contribution in [0.3, 0.4) is 0 Å². The van der Waals surface area contributed by atoms with Crippen molar-refractivity contribution in [3.05, 3.63) is 98.7 Å². The zero-order valence-electron chi connectivity index (χ0n) is 15.2. The number of aromatic nitrogens is 2. The highest BCUT2D eigenvalue weighted by Crippen LogP contribution is 2.23. The molecule has 0 amide bonds. The minimum absolute atomic E-state index is 0.0727. The van der Waals surface area contributed by atoms with Crippen molar-refractivity contribution in [2.24, 2.45) is 0 Å². The fourth-order valence-electron chi connectivity index (χ4n) is 3.03. The molecule has 1 aromatic heterocycles. The van der Waals surface area contributed by atoms with Gasteiger partial charge in [0.15, 0.2) is 0 Å². The molecule has 0 aliphatic carbocycles. The maximum Gasteiger partial charge on any atom is 0.204 e. The van der Waals surface area contributed by atoms with E-state index < -0.39 is 0 Å². The normalized spacial score (nSPS) is 11.2. The number of benzene rings is 2. The van der Waals surface area contributed by atoms with Gasteiger partial charge in [-0.1, -0.05) is 52.3 Å². The largest absolute Gasteiger partial charge is 0.497 e. The molecule has 1 heterocycles. The highest BCUT2D eigenvalue weighted by molar-refractivity contribution is 9.10. The van der Waals surface area contributed by atoms with Crippen LogP contribution in [0.4, 0.5) is 0 Å². The van der Waals surface area contributed by atoms with Crippen LogP contribution in [-0.4, -0.2) is 16.9 Å². The molecule has 138 valence electrons. The van der Waals surface area contributed by atoms with Crippen LogP contribution in [0.15, 0.2) is 82.1 Å². The van der Waals surface area contributed by atoms with Gasteiger partial charge in [-0.15, -0.1) is 0 Å². The predicted molar refractivity (Wildman–Crippen MR) is 117 cm³/mol. The summed E-state index contributed by atoms with van der Waals surface area (Å²) in [6, 6.07) is 22.6. The Hall–Kier alpha value is -3.18. The number of hydrogen-bond acceptors (Lipinski definition) is 3. The summed E-state index contributed by atoms with van der Waals surface area (Å²) in [6.07, 6.45) is 3.89. The van der Waals surface area contributed by atoms with Crippen molar-refractivity contribution in [2.45, 2.75) is 0 Å². The van der Waals surface area contributed by atoms with Crippen LogP contribution in [0.2, 0.25) is 0 Å². The van der Waals surface area contributed by atoms with Gasteiger partial charge in [0, 0.05) is 9.86 Å². The van der Waals surface area contributed by atoms with Gasteiger partial charge in [-0.25, -0.2) is 4.68 Å². The van der Waals surface area contributed by atoms with E-state index in [1.165, 1.54) is 0 Å². The lowest BCUT2D eigenvalue weighted by Gasteiger charge is -2.02. The average Bonchev–Trinajstić information content (AvgIpc) is 2.97. The van der Waals surface area contributed by atoms with Crippen molar-refractivity contribution in [3.8, 4) is 11.4 Å².